The Morgan fingerprint density at radius 1 is 0.442 bits per heavy atom. The first-order valence-corrected chi connectivity index (χ1v) is 15.4. The summed E-state index contributed by atoms with van der Waals surface area (Å²) >= 11 is 1.87. The van der Waals surface area contributed by atoms with Gasteiger partial charge in [0.2, 0.25) is 0 Å². The van der Waals surface area contributed by atoms with E-state index < -0.39 is 0 Å². The summed E-state index contributed by atoms with van der Waals surface area (Å²) < 4.78 is 5.02. The van der Waals surface area contributed by atoms with Gasteiger partial charge in [-0.1, -0.05) is 84.9 Å². The molecule has 0 aliphatic carbocycles. The van der Waals surface area contributed by atoms with Gasteiger partial charge in [-0.25, -0.2) is 0 Å². The molecule has 0 saturated carbocycles. The van der Waals surface area contributed by atoms with Crippen LogP contribution in [0.15, 0.2) is 158 Å². The van der Waals surface area contributed by atoms with E-state index in [0.717, 1.165) is 17.1 Å². The SMILES string of the molecule is c1ccc(N(c2ccc3sc4cc5ccccc5cc4c3c2)c2cccc3c2c2ccccc2n3-c2ccccc2)cc1. The summed E-state index contributed by atoms with van der Waals surface area (Å²) in [6, 6.07) is 57.2. The number of hydrogen-bond acceptors (Lipinski definition) is 2. The minimum atomic E-state index is 1.14. The first kappa shape index (κ1) is 24.2. The highest BCUT2D eigenvalue weighted by molar-refractivity contribution is 7.25. The molecule has 0 aliphatic heterocycles. The lowest BCUT2D eigenvalue weighted by Gasteiger charge is -2.26. The molecule has 0 aliphatic rings. The summed E-state index contributed by atoms with van der Waals surface area (Å²) in [6.45, 7) is 0. The molecular formula is C40H26N2S. The third kappa shape index (κ3) is 3.79. The third-order valence-corrected chi connectivity index (χ3v) is 9.66. The van der Waals surface area contributed by atoms with E-state index in [0.29, 0.717) is 0 Å². The van der Waals surface area contributed by atoms with E-state index in [2.05, 4.69) is 167 Å². The maximum Gasteiger partial charge on any atom is 0.0562 e. The Morgan fingerprint density at radius 3 is 1.95 bits per heavy atom. The summed E-state index contributed by atoms with van der Waals surface area (Å²) in [7, 11) is 0. The summed E-state index contributed by atoms with van der Waals surface area (Å²) in [5, 5.41) is 7.65. The number of rotatable bonds is 4. The highest BCUT2D eigenvalue weighted by Gasteiger charge is 2.21. The van der Waals surface area contributed by atoms with Crippen molar-refractivity contribution in [3.8, 4) is 5.69 Å². The van der Waals surface area contributed by atoms with Gasteiger partial charge in [-0.2, -0.15) is 0 Å². The maximum atomic E-state index is 2.42. The molecule has 0 bridgehead atoms. The summed E-state index contributed by atoms with van der Waals surface area (Å²) in [5.41, 5.74) is 7.01. The van der Waals surface area contributed by atoms with Crippen LogP contribution in [-0.4, -0.2) is 4.57 Å². The molecule has 3 heteroatoms. The van der Waals surface area contributed by atoms with Gasteiger partial charge in [0, 0.05) is 48.0 Å². The minimum Gasteiger partial charge on any atom is -0.310 e. The fourth-order valence-electron chi connectivity index (χ4n) is 6.64. The summed E-state index contributed by atoms with van der Waals surface area (Å²) in [6.07, 6.45) is 0. The number of aromatic nitrogens is 1. The van der Waals surface area contributed by atoms with E-state index in [9.17, 15) is 0 Å². The molecular weight excluding hydrogens is 541 g/mol. The summed E-state index contributed by atoms with van der Waals surface area (Å²) in [5.74, 6) is 0. The zero-order chi connectivity index (χ0) is 28.3. The Hall–Kier alpha value is -5.38. The predicted molar refractivity (Wildman–Crippen MR) is 186 cm³/mol. The van der Waals surface area contributed by atoms with Crippen LogP contribution in [0.2, 0.25) is 0 Å². The Balaban J connectivity index is 1.34. The second-order valence-electron chi connectivity index (χ2n) is 11.0. The Bertz CT molecular complexity index is 2450. The molecule has 43 heavy (non-hydrogen) atoms. The van der Waals surface area contributed by atoms with Crippen LogP contribution in [0.5, 0.6) is 0 Å². The fourth-order valence-corrected chi connectivity index (χ4v) is 7.75. The van der Waals surface area contributed by atoms with E-state index in [1.54, 1.807) is 0 Å². The van der Waals surface area contributed by atoms with Crippen molar-refractivity contribution in [3.63, 3.8) is 0 Å². The van der Waals surface area contributed by atoms with Gasteiger partial charge < -0.3 is 9.47 Å². The van der Waals surface area contributed by atoms with Gasteiger partial charge in [-0.05, 0) is 83.6 Å². The monoisotopic (exact) mass is 566 g/mol. The van der Waals surface area contributed by atoms with E-state index in [-0.39, 0.29) is 0 Å². The molecule has 0 saturated heterocycles. The average molecular weight is 567 g/mol. The molecule has 9 aromatic rings. The molecule has 0 unspecified atom stereocenters. The van der Waals surface area contributed by atoms with E-state index in [1.807, 2.05) is 11.3 Å². The number of thiophene rings is 1. The lowest BCUT2D eigenvalue weighted by atomic mass is 10.0. The fraction of sp³-hybridized carbons (Fsp3) is 0. The van der Waals surface area contributed by atoms with Crippen LogP contribution >= 0.6 is 11.3 Å². The normalized spacial score (nSPS) is 11.7. The molecule has 0 N–H and O–H groups in total. The van der Waals surface area contributed by atoms with E-state index in [1.165, 1.54) is 58.4 Å². The second kappa shape index (κ2) is 9.59. The van der Waals surface area contributed by atoms with Gasteiger partial charge in [0.25, 0.3) is 0 Å². The van der Waals surface area contributed by atoms with E-state index >= 15 is 0 Å². The molecule has 2 nitrogen and oxygen atoms in total. The molecule has 202 valence electrons. The van der Waals surface area contributed by atoms with Crippen LogP contribution in [0.4, 0.5) is 17.1 Å². The lowest BCUT2D eigenvalue weighted by molar-refractivity contribution is 1.18. The Kier molecular flexibility index (Phi) is 5.40. The quantitative estimate of drug-likeness (QED) is 0.206. The van der Waals surface area contributed by atoms with Gasteiger partial charge in [0.15, 0.2) is 0 Å². The minimum absolute atomic E-state index is 1.14. The van der Waals surface area contributed by atoms with Gasteiger partial charge in [-0.3, -0.25) is 0 Å². The highest BCUT2D eigenvalue weighted by atomic mass is 32.1. The molecule has 9 rings (SSSR count). The van der Waals surface area contributed by atoms with E-state index in [4.69, 9.17) is 0 Å². The topological polar surface area (TPSA) is 8.17 Å². The predicted octanol–water partition coefficient (Wildman–Crippen LogP) is 11.8. The molecule has 0 atom stereocenters. The standard InChI is InChI=1S/C40H26N2S/c1-3-14-29(15-4-1)41(31-22-23-38-34(26-31)33-24-27-12-7-8-13-28(27)25-39(33)43-38)36-20-11-21-37-40(36)32-18-9-10-19-35(32)42(37)30-16-5-2-6-17-30/h1-26H. The first-order valence-electron chi connectivity index (χ1n) is 14.6. The van der Waals surface area contributed by atoms with Crippen LogP contribution in [0.3, 0.4) is 0 Å². The van der Waals surface area contributed by atoms with Crippen molar-refractivity contribution >= 4 is 81.1 Å². The molecule has 0 spiro atoms. The number of hydrogen-bond donors (Lipinski definition) is 0. The van der Waals surface area contributed by atoms with Crippen molar-refractivity contribution < 1.29 is 0 Å². The maximum absolute atomic E-state index is 2.42. The first-order chi connectivity index (χ1) is 21.3. The zero-order valence-corrected chi connectivity index (χ0v) is 24.1. The van der Waals surface area contributed by atoms with Crippen LogP contribution < -0.4 is 4.90 Å². The zero-order valence-electron chi connectivity index (χ0n) is 23.3. The molecule has 0 radical (unpaired) electrons. The number of anilines is 3. The third-order valence-electron chi connectivity index (χ3n) is 8.52. The van der Waals surface area contributed by atoms with Crippen molar-refractivity contribution in [2.24, 2.45) is 0 Å². The summed E-state index contributed by atoms with van der Waals surface area (Å²) in [4.78, 5) is 2.42. The largest absolute Gasteiger partial charge is 0.310 e. The Morgan fingerprint density at radius 2 is 1.12 bits per heavy atom. The van der Waals surface area contributed by atoms with Crippen molar-refractivity contribution in [3.05, 3.63) is 158 Å². The van der Waals surface area contributed by atoms with Gasteiger partial charge in [0.1, 0.15) is 0 Å². The number of fused-ring (bicyclic) bond motifs is 7. The molecule has 0 fully saturated rings. The van der Waals surface area contributed by atoms with Crippen molar-refractivity contribution in [1.82, 2.24) is 4.57 Å². The number of para-hydroxylation sites is 3. The van der Waals surface area contributed by atoms with Gasteiger partial charge >= 0.3 is 0 Å². The number of benzene rings is 7. The smallest absolute Gasteiger partial charge is 0.0562 e. The highest BCUT2D eigenvalue weighted by Crippen LogP contribution is 2.45. The Labute approximate surface area is 253 Å². The van der Waals surface area contributed by atoms with Crippen LogP contribution in [0.25, 0.3) is 58.4 Å². The average Bonchev–Trinajstić information content (AvgIpc) is 3.60. The second-order valence-corrected chi connectivity index (χ2v) is 12.1. The van der Waals surface area contributed by atoms with Crippen LogP contribution in [0, 0.1) is 0 Å². The molecule has 7 aromatic carbocycles. The van der Waals surface area contributed by atoms with Gasteiger partial charge in [0.05, 0.1) is 16.7 Å². The van der Waals surface area contributed by atoms with Crippen molar-refractivity contribution in [1.29, 1.82) is 0 Å². The molecule has 2 aromatic heterocycles. The molecule has 0 amide bonds. The van der Waals surface area contributed by atoms with Crippen LogP contribution in [-0.2, 0) is 0 Å². The van der Waals surface area contributed by atoms with Gasteiger partial charge in [-0.15, -0.1) is 11.3 Å². The van der Waals surface area contributed by atoms with Crippen LogP contribution in [0.1, 0.15) is 0 Å². The number of nitrogens with zero attached hydrogens (tertiary/aromatic N) is 2. The lowest BCUT2D eigenvalue weighted by Crippen LogP contribution is -2.10. The molecule has 2 heterocycles. The van der Waals surface area contributed by atoms with Crippen molar-refractivity contribution in [2.45, 2.75) is 0 Å². The van der Waals surface area contributed by atoms with Crippen molar-refractivity contribution in [2.75, 3.05) is 4.90 Å².